The van der Waals surface area contributed by atoms with Crippen LogP contribution in [0.1, 0.15) is 18.1 Å². The zero-order valence-corrected chi connectivity index (χ0v) is 19.3. The molecule has 7 heteroatoms. The van der Waals surface area contributed by atoms with Crippen molar-refractivity contribution in [1.29, 1.82) is 0 Å². The Morgan fingerprint density at radius 1 is 1.00 bits per heavy atom. The second kappa shape index (κ2) is 10.4. The maximum atomic E-state index is 13.1. The minimum atomic E-state index is -0.258. The monoisotopic (exact) mass is 545 g/mol. The highest BCUT2D eigenvalue weighted by atomic mass is 127. The molecule has 1 N–H and O–H groups in total. The molecule has 0 atom stereocenters. The van der Waals surface area contributed by atoms with E-state index >= 15 is 0 Å². The lowest BCUT2D eigenvalue weighted by molar-refractivity contribution is 0.267. The van der Waals surface area contributed by atoms with Gasteiger partial charge in [-0.3, -0.25) is 0 Å². The van der Waals surface area contributed by atoms with Gasteiger partial charge in [-0.05, 0) is 83.6 Å². The van der Waals surface area contributed by atoms with Gasteiger partial charge >= 0.3 is 0 Å². The summed E-state index contributed by atoms with van der Waals surface area (Å²) in [6.07, 6.45) is 0. The molecule has 3 rings (SSSR count). The molecular weight excluding hydrogens is 527 g/mol. The number of hydrogen-bond donors (Lipinski definition) is 1. The van der Waals surface area contributed by atoms with Crippen LogP contribution >= 0.6 is 45.8 Å². The number of hydrogen-bond acceptors (Lipinski definition) is 3. The Kier molecular flexibility index (Phi) is 7.86. The number of rotatable bonds is 8. The highest BCUT2D eigenvalue weighted by molar-refractivity contribution is 14.1. The summed E-state index contributed by atoms with van der Waals surface area (Å²) in [5.74, 6) is 1.08. The Morgan fingerprint density at radius 3 is 2.45 bits per heavy atom. The Morgan fingerprint density at radius 2 is 1.76 bits per heavy atom. The molecule has 0 aliphatic rings. The van der Waals surface area contributed by atoms with E-state index in [-0.39, 0.29) is 5.82 Å². The summed E-state index contributed by atoms with van der Waals surface area (Å²) in [6, 6.07) is 15.6. The van der Waals surface area contributed by atoms with Gasteiger partial charge in [0.2, 0.25) is 0 Å². The molecule has 3 nitrogen and oxygen atoms in total. The van der Waals surface area contributed by atoms with Crippen molar-refractivity contribution in [3.8, 4) is 11.5 Å². The summed E-state index contributed by atoms with van der Waals surface area (Å²) < 4.78 is 25.8. The molecule has 3 aromatic rings. The molecule has 0 aromatic heterocycles. The SMILES string of the molecule is CCOc1cc(CNc2ccc(F)cc2)cc(I)c1OCc1ccc(Cl)cc1Cl. The van der Waals surface area contributed by atoms with Crippen molar-refractivity contribution in [2.75, 3.05) is 11.9 Å². The molecule has 29 heavy (non-hydrogen) atoms. The second-order valence-electron chi connectivity index (χ2n) is 6.22. The highest BCUT2D eigenvalue weighted by Crippen LogP contribution is 2.35. The van der Waals surface area contributed by atoms with E-state index < -0.39 is 0 Å². The molecule has 3 aromatic carbocycles. The molecule has 0 heterocycles. The van der Waals surface area contributed by atoms with Crippen molar-refractivity contribution in [3.63, 3.8) is 0 Å². The van der Waals surface area contributed by atoms with Gasteiger partial charge in [0.1, 0.15) is 12.4 Å². The van der Waals surface area contributed by atoms with Crippen molar-refractivity contribution in [1.82, 2.24) is 0 Å². The maximum Gasteiger partial charge on any atom is 0.174 e. The second-order valence-corrected chi connectivity index (χ2v) is 8.23. The average molecular weight is 546 g/mol. The largest absolute Gasteiger partial charge is 0.490 e. The van der Waals surface area contributed by atoms with E-state index in [9.17, 15) is 4.39 Å². The summed E-state index contributed by atoms with van der Waals surface area (Å²) in [4.78, 5) is 0. The van der Waals surface area contributed by atoms with Crippen LogP contribution in [-0.2, 0) is 13.2 Å². The third kappa shape index (κ3) is 6.14. The quantitative estimate of drug-likeness (QED) is 0.301. The van der Waals surface area contributed by atoms with E-state index in [2.05, 4.69) is 27.9 Å². The van der Waals surface area contributed by atoms with E-state index in [1.807, 2.05) is 25.1 Å². The van der Waals surface area contributed by atoms with E-state index in [4.69, 9.17) is 32.7 Å². The van der Waals surface area contributed by atoms with Gasteiger partial charge in [0.25, 0.3) is 0 Å². The molecule has 0 saturated heterocycles. The Balaban J connectivity index is 1.75. The van der Waals surface area contributed by atoms with Crippen LogP contribution in [0, 0.1) is 9.39 Å². The van der Waals surface area contributed by atoms with E-state index in [0.29, 0.717) is 41.3 Å². The summed E-state index contributed by atoms with van der Waals surface area (Å²) in [6.45, 7) is 3.32. The lowest BCUT2D eigenvalue weighted by Crippen LogP contribution is -2.05. The normalized spacial score (nSPS) is 10.7. The van der Waals surface area contributed by atoms with Crippen LogP contribution in [0.15, 0.2) is 54.6 Å². The summed E-state index contributed by atoms with van der Waals surface area (Å²) >= 11 is 14.4. The molecule has 0 unspecified atom stereocenters. The van der Waals surface area contributed by atoms with Crippen molar-refractivity contribution < 1.29 is 13.9 Å². The fraction of sp³-hybridized carbons (Fsp3) is 0.182. The third-order valence-electron chi connectivity index (χ3n) is 4.10. The first-order chi connectivity index (χ1) is 14.0. The molecule has 0 spiro atoms. The zero-order valence-electron chi connectivity index (χ0n) is 15.6. The number of nitrogens with one attached hydrogen (secondary N) is 1. The topological polar surface area (TPSA) is 30.5 Å². The van der Waals surface area contributed by atoms with Gasteiger partial charge in [0.15, 0.2) is 11.5 Å². The highest BCUT2D eigenvalue weighted by Gasteiger charge is 2.13. The molecule has 0 amide bonds. The first-order valence-corrected chi connectivity index (χ1v) is 10.8. The fourth-order valence-electron chi connectivity index (χ4n) is 2.69. The summed E-state index contributed by atoms with van der Waals surface area (Å²) in [7, 11) is 0. The van der Waals surface area contributed by atoms with Gasteiger partial charge < -0.3 is 14.8 Å². The molecular formula is C22H19Cl2FINO2. The smallest absolute Gasteiger partial charge is 0.174 e. The first kappa shape index (κ1) is 22.0. The molecule has 0 radical (unpaired) electrons. The molecule has 0 saturated carbocycles. The van der Waals surface area contributed by atoms with Crippen LogP contribution in [0.25, 0.3) is 0 Å². The van der Waals surface area contributed by atoms with Crippen molar-refractivity contribution in [3.05, 3.63) is 85.2 Å². The standard InChI is InChI=1S/C22H19Cl2FINO2/c1-2-28-21-10-14(12-27-18-7-5-17(25)6-8-18)9-20(26)22(21)29-13-15-3-4-16(23)11-19(15)24/h3-11,27H,2,12-13H2,1H3. The van der Waals surface area contributed by atoms with E-state index in [0.717, 1.165) is 20.4 Å². The Labute approximate surface area is 193 Å². The minimum Gasteiger partial charge on any atom is -0.490 e. The maximum absolute atomic E-state index is 13.1. The minimum absolute atomic E-state index is 0.258. The number of ether oxygens (including phenoxy) is 2. The van der Waals surface area contributed by atoms with Gasteiger partial charge in [-0.15, -0.1) is 0 Å². The number of benzene rings is 3. The summed E-state index contributed by atoms with van der Waals surface area (Å²) in [5.41, 5.74) is 2.72. The van der Waals surface area contributed by atoms with Crippen LogP contribution in [0.3, 0.4) is 0 Å². The van der Waals surface area contributed by atoms with E-state index in [1.165, 1.54) is 12.1 Å². The molecule has 0 aliphatic carbocycles. The lowest BCUT2D eigenvalue weighted by Gasteiger charge is -2.16. The number of halogens is 4. The van der Waals surface area contributed by atoms with E-state index in [1.54, 1.807) is 24.3 Å². The van der Waals surface area contributed by atoms with Gasteiger partial charge in [-0.1, -0.05) is 29.3 Å². The van der Waals surface area contributed by atoms with Gasteiger partial charge in [-0.25, -0.2) is 4.39 Å². The number of anilines is 1. The third-order valence-corrected chi connectivity index (χ3v) is 5.49. The van der Waals surface area contributed by atoms with Crippen molar-refractivity contribution >= 4 is 51.5 Å². The fourth-order valence-corrected chi connectivity index (χ4v) is 3.97. The predicted molar refractivity (Wildman–Crippen MR) is 125 cm³/mol. The lowest BCUT2D eigenvalue weighted by atomic mass is 10.2. The van der Waals surface area contributed by atoms with Gasteiger partial charge in [0.05, 0.1) is 10.2 Å². The Hall–Kier alpha value is -1.70. The summed E-state index contributed by atoms with van der Waals surface area (Å²) in [5, 5.41) is 4.42. The predicted octanol–water partition coefficient (Wildman–Crippen LogP) is 7.33. The molecule has 0 aliphatic heterocycles. The molecule has 0 bridgehead atoms. The van der Waals surface area contributed by atoms with Gasteiger partial charge in [0, 0.05) is 27.8 Å². The van der Waals surface area contributed by atoms with Crippen LogP contribution in [0.2, 0.25) is 10.0 Å². The van der Waals surface area contributed by atoms with Gasteiger partial charge in [-0.2, -0.15) is 0 Å². The van der Waals surface area contributed by atoms with Crippen LogP contribution in [-0.4, -0.2) is 6.61 Å². The zero-order chi connectivity index (χ0) is 20.8. The van der Waals surface area contributed by atoms with Crippen LogP contribution in [0.4, 0.5) is 10.1 Å². The van der Waals surface area contributed by atoms with Crippen molar-refractivity contribution in [2.24, 2.45) is 0 Å². The Bertz CT molecular complexity index is 983. The van der Waals surface area contributed by atoms with Crippen LogP contribution in [0.5, 0.6) is 11.5 Å². The molecule has 152 valence electrons. The van der Waals surface area contributed by atoms with Crippen molar-refractivity contribution in [2.45, 2.75) is 20.1 Å². The van der Waals surface area contributed by atoms with Crippen LogP contribution < -0.4 is 14.8 Å². The average Bonchev–Trinajstić information content (AvgIpc) is 2.68. The molecule has 0 fully saturated rings. The first-order valence-electron chi connectivity index (χ1n) is 8.97.